The van der Waals surface area contributed by atoms with Crippen LogP contribution in [0.5, 0.6) is 11.5 Å². The summed E-state index contributed by atoms with van der Waals surface area (Å²) in [7, 11) is 3.11. The highest BCUT2D eigenvalue weighted by atomic mass is 32.1. The van der Waals surface area contributed by atoms with Crippen molar-refractivity contribution in [2.24, 2.45) is 0 Å². The molecule has 0 aliphatic rings. The van der Waals surface area contributed by atoms with Crippen molar-refractivity contribution in [3.05, 3.63) is 71.2 Å². The van der Waals surface area contributed by atoms with Crippen molar-refractivity contribution in [1.82, 2.24) is 4.98 Å². The predicted molar refractivity (Wildman–Crippen MR) is 118 cm³/mol. The minimum atomic E-state index is -0.240. The Kier molecular flexibility index (Phi) is 5.46. The number of aryl methyl sites for hydroxylation is 2. The molecule has 0 radical (unpaired) electrons. The second-order valence-corrected chi connectivity index (χ2v) is 7.90. The Hall–Kier alpha value is -3.32. The Balaban J connectivity index is 1.83. The fourth-order valence-electron chi connectivity index (χ4n) is 3.24. The number of furan rings is 1. The van der Waals surface area contributed by atoms with Crippen molar-refractivity contribution in [3.63, 3.8) is 0 Å². The second-order valence-electron chi connectivity index (χ2n) is 6.89. The lowest BCUT2D eigenvalue weighted by atomic mass is 10.1. The average molecular weight is 423 g/mol. The van der Waals surface area contributed by atoms with Gasteiger partial charge in [-0.15, -0.1) is 0 Å². The van der Waals surface area contributed by atoms with Gasteiger partial charge in [-0.05, 0) is 61.4 Å². The van der Waals surface area contributed by atoms with Crippen LogP contribution in [-0.2, 0) is 6.54 Å². The van der Waals surface area contributed by atoms with Crippen LogP contribution in [0.2, 0.25) is 0 Å². The largest absolute Gasteiger partial charge is 0.497 e. The van der Waals surface area contributed by atoms with Gasteiger partial charge in [-0.3, -0.25) is 9.69 Å². The molecule has 0 bridgehead atoms. The Morgan fingerprint density at radius 2 is 1.97 bits per heavy atom. The van der Waals surface area contributed by atoms with Crippen molar-refractivity contribution in [2.45, 2.75) is 20.4 Å². The summed E-state index contributed by atoms with van der Waals surface area (Å²) in [5.41, 5.74) is 3.58. The molecule has 0 spiro atoms. The molecular formula is C23H22N2O4S. The van der Waals surface area contributed by atoms with E-state index in [9.17, 15) is 4.79 Å². The normalized spacial score (nSPS) is 10.9. The summed E-state index contributed by atoms with van der Waals surface area (Å²) in [6.45, 7) is 4.36. The summed E-state index contributed by atoms with van der Waals surface area (Å²) in [5.74, 6) is 1.47. The molecule has 30 heavy (non-hydrogen) atoms. The summed E-state index contributed by atoms with van der Waals surface area (Å²) >= 11 is 1.48. The van der Waals surface area contributed by atoms with Crippen molar-refractivity contribution in [3.8, 4) is 11.5 Å². The van der Waals surface area contributed by atoms with E-state index in [1.807, 2.05) is 19.1 Å². The van der Waals surface area contributed by atoms with Crippen LogP contribution < -0.4 is 14.4 Å². The van der Waals surface area contributed by atoms with Crippen LogP contribution in [0.4, 0.5) is 5.13 Å². The number of hydrogen-bond acceptors (Lipinski definition) is 6. The third-order valence-corrected chi connectivity index (χ3v) is 6.12. The number of amides is 1. The van der Waals surface area contributed by atoms with Crippen LogP contribution in [0.25, 0.3) is 10.2 Å². The Morgan fingerprint density at radius 3 is 2.67 bits per heavy atom. The van der Waals surface area contributed by atoms with Gasteiger partial charge in [0, 0.05) is 0 Å². The minimum Gasteiger partial charge on any atom is -0.497 e. The van der Waals surface area contributed by atoms with E-state index in [0.717, 1.165) is 21.3 Å². The zero-order valence-electron chi connectivity index (χ0n) is 17.3. The lowest BCUT2D eigenvalue weighted by Crippen LogP contribution is -2.30. The molecule has 0 fully saturated rings. The molecule has 2 aromatic heterocycles. The van der Waals surface area contributed by atoms with Gasteiger partial charge in [0.1, 0.15) is 17.3 Å². The number of methoxy groups -OCH3 is 2. The highest BCUT2D eigenvalue weighted by Crippen LogP contribution is 2.35. The first-order chi connectivity index (χ1) is 14.5. The van der Waals surface area contributed by atoms with E-state index in [2.05, 4.69) is 13.0 Å². The van der Waals surface area contributed by atoms with Crippen LogP contribution in [0.1, 0.15) is 27.2 Å². The quantitative estimate of drug-likeness (QED) is 0.418. The maximum absolute atomic E-state index is 13.7. The van der Waals surface area contributed by atoms with Gasteiger partial charge in [0.25, 0.3) is 5.91 Å². The summed E-state index contributed by atoms with van der Waals surface area (Å²) in [5, 5.41) is 0.602. The molecule has 154 valence electrons. The molecule has 4 rings (SSSR count). The molecule has 0 saturated carbocycles. The van der Waals surface area contributed by atoms with Crippen molar-refractivity contribution in [1.29, 1.82) is 0 Å². The Morgan fingerprint density at radius 1 is 1.13 bits per heavy atom. The first kappa shape index (κ1) is 20.0. The topological polar surface area (TPSA) is 64.8 Å². The van der Waals surface area contributed by atoms with Gasteiger partial charge < -0.3 is 13.9 Å². The number of fused-ring (bicyclic) bond motifs is 1. The third-order valence-electron chi connectivity index (χ3n) is 5.08. The number of carbonyl (C=O) groups excluding carboxylic acids is 1. The summed E-state index contributed by atoms with van der Waals surface area (Å²) in [4.78, 5) is 20.1. The first-order valence-electron chi connectivity index (χ1n) is 9.45. The Labute approximate surface area is 178 Å². The van der Waals surface area contributed by atoms with Gasteiger partial charge in [0.2, 0.25) is 0 Å². The monoisotopic (exact) mass is 422 g/mol. The standard InChI is InChI=1S/C23H22N2O4S/c1-14-7-10-20-21(15(14)2)24-23(30-20)25(13-17-6-5-11-29-17)22(26)18-12-16(27-3)8-9-19(18)28-4/h5-12H,13H2,1-4H3. The van der Waals surface area contributed by atoms with E-state index in [1.165, 1.54) is 11.3 Å². The van der Waals surface area contributed by atoms with Gasteiger partial charge in [-0.25, -0.2) is 4.98 Å². The van der Waals surface area contributed by atoms with E-state index in [-0.39, 0.29) is 12.5 Å². The number of aromatic nitrogens is 1. The molecule has 2 heterocycles. The van der Waals surface area contributed by atoms with Gasteiger partial charge in [-0.1, -0.05) is 17.4 Å². The lowest BCUT2D eigenvalue weighted by molar-refractivity contribution is 0.0980. The van der Waals surface area contributed by atoms with Gasteiger partial charge >= 0.3 is 0 Å². The smallest absolute Gasteiger partial charge is 0.264 e. The number of carbonyl (C=O) groups is 1. The summed E-state index contributed by atoms with van der Waals surface area (Å²) in [6, 6.07) is 12.9. The fraction of sp³-hybridized carbons (Fsp3) is 0.217. The second kappa shape index (κ2) is 8.20. The lowest BCUT2D eigenvalue weighted by Gasteiger charge is -2.20. The number of ether oxygens (including phenoxy) is 2. The molecule has 4 aromatic rings. The number of thiazole rings is 1. The molecule has 7 heteroatoms. The molecule has 0 aliphatic carbocycles. The molecule has 0 unspecified atom stereocenters. The number of hydrogen-bond donors (Lipinski definition) is 0. The van der Waals surface area contributed by atoms with E-state index in [0.29, 0.717) is 28.0 Å². The first-order valence-corrected chi connectivity index (χ1v) is 10.3. The van der Waals surface area contributed by atoms with Crippen LogP contribution >= 0.6 is 11.3 Å². The SMILES string of the molecule is COc1ccc(OC)c(C(=O)N(Cc2ccco2)c2nc3c(C)c(C)ccc3s2)c1. The molecule has 1 amide bonds. The highest BCUT2D eigenvalue weighted by molar-refractivity contribution is 7.22. The molecule has 6 nitrogen and oxygen atoms in total. The zero-order valence-corrected chi connectivity index (χ0v) is 18.1. The van der Waals surface area contributed by atoms with Gasteiger partial charge in [0.15, 0.2) is 5.13 Å². The van der Waals surface area contributed by atoms with Gasteiger partial charge in [0.05, 0.1) is 42.8 Å². The minimum absolute atomic E-state index is 0.240. The van der Waals surface area contributed by atoms with E-state index in [1.54, 1.807) is 49.6 Å². The predicted octanol–water partition coefficient (Wildman–Crippen LogP) is 5.37. The summed E-state index contributed by atoms with van der Waals surface area (Å²) in [6.07, 6.45) is 1.59. The maximum atomic E-state index is 13.7. The van der Waals surface area contributed by atoms with E-state index < -0.39 is 0 Å². The van der Waals surface area contributed by atoms with Gasteiger partial charge in [-0.2, -0.15) is 0 Å². The molecule has 0 atom stereocenters. The van der Waals surface area contributed by atoms with Crippen molar-refractivity contribution < 1.29 is 18.7 Å². The Bertz CT molecular complexity index is 1200. The summed E-state index contributed by atoms with van der Waals surface area (Å²) < 4.78 is 17.3. The molecular weight excluding hydrogens is 400 g/mol. The van der Waals surface area contributed by atoms with E-state index >= 15 is 0 Å². The average Bonchev–Trinajstić information content (AvgIpc) is 3.43. The number of anilines is 1. The van der Waals surface area contributed by atoms with E-state index in [4.69, 9.17) is 18.9 Å². The fourth-order valence-corrected chi connectivity index (χ4v) is 4.26. The van der Waals surface area contributed by atoms with Crippen LogP contribution in [0, 0.1) is 13.8 Å². The van der Waals surface area contributed by atoms with Crippen LogP contribution in [-0.4, -0.2) is 25.1 Å². The molecule has 0 aliphatic heterocycles. The molecule has 2 aromatic carbocycles. The molecule has 0 saturated heterocycles. The maximum Gasteiger partial charge on any atom is 0.264 e. The zero-order chi connectivity index (χ0) is 21.3. The number of nitrogens with zero attached hydrogens (tertiary/aromatic N) is 2. The van der Waals surface area contributed by atoms with Crippen molar-refractivity contribution in [2.75, 3.05) is 19.1 Å². The molecule has 0 N–H and O–H groups in total. The van der Waals surface area contributed by atoms with Crippen LogP contribution in [0.3, 0.4) is 0 Å². The highest BCUT2D eigenvalue weighted by Gasteiger charge is 2.26. The van der Waals surface area contributed by atoms with Crippen molar-refractivity contribution >= 4 is 32.6 Å². The third kappa shape index (κ3) is 3.64. The number of rotatable bonds is 6. The number of benzene rings is 2. The van der Waals surface area contributed by atoms with Crippen LogP contribution in [0.15, 0.2) is 53.1 Å².